The van der Waals surface area contributed by atoms with Gasteiger partial charge >= 0.3 is 0 Å². The molecule has 0 saturated carbocycles. The lowest BCUT2D eigenvalue weighted by Crippen LogP contribution is -2.15. The third kappa shape index (κ3) is 3.87. The topological polar surface area (TPSA) is 72.2 Å². The van der Waals surface area contributed by atoms with Crippen molar-refractivity contribution in [2.75, 3.05) is 4.72 Å². The summed E-state index contributed by atoms with van der Waals surface area (Å²) < 4.78 is 29.5. The van der Waals surface area contributed by atoms with E-state index in [2.05, 4.69) is 52.5 Å². The number of anilines is 1. The second-order valence-electron chi connectivity index (χ2n) is 4.17. The Kier molecular flexibility index (Phi) is 5.48. The maximum atomic E-state index is 12.6. The normalized spacial score (nSPS) is 11.4. The Morgan fingerprint density at radius 2 is 1.62 bits per heavy atom. The van der Waals surface area contributed by atoms with Crippen LogP contribution in [0.15, 0.2) is 54.7 Å². The van der Waals surface area contributed by atoms with Crippen LogP contribution < -0.4 is 10.5 Å². The van der Waals surface area contributed by atoms with Gasteiger partial charge in [-0.1, -0.05) is 12.1 Å². The number of hydrogen-bond acceptors (Lipinski definition) is 3. The molecule has 0 amide bonds. The molecule has 8 heteroatoms. The third-order valence-corrected chi connectivity index (χ3v) is 6.39. The second-order valence-corrected chi connectivity index (χ2v) is 8.38. The van der Waals surface area contributed by atoms with Crippen molar-refractivity contribution in [3.05, 3.63) is 55.4 Å². The Balaban J connectivity index is 2.48. The average Bonchev–Trinajstić information content (AvgIpc) is 2.43. The molecule has 21 heavy (non-hydrogen) atoms. The van der Waals surface area contributed by atoms with E-state index in [9.17, 15) is 8.42 Å². The van der Waals surface area contributed by atoms with Gasteiger partial charge in [-0.25, -0.2) is 8.42 Å². The van der Waals surface area contributed by atoms with E-state index >= 15 is 0 Å². The summed E-state index contributed by atoms with van der Waals surface area (Å²) in [7, 11) is -3.73. The van der Waals surface area contributed by atoms with Crippen LogP contribution in [0.2, 0.25) is 0 Å². The van der Waals surface area contributed by atoms with Crippen molar-refractivity contribution in [2.45, 2.75) is 11.4 Å². The monoisotopic (exact) mass is 496 g/mol. The zero-order valence-corrected chi connectivity index (χ0v) is 16.2. The Morgan fingerprint density at radius 1 is 1.00 bits per heavy atom. The van der Waals surface area contributed by atoms with Crippen molar-refractivity contribution in [3.63, 3.8) is 0 Å². The highest BCUT2D eigenvalue weighted by Gasteiger charge is 2.20. The van der Waals surface area contributed by atoms with Crippen molar-refractivity contribution in [1.29, 1.82) is 0 Å². The summed E-state index contributed by atoms with van der Waals surface area (Å²) in [5, 5.41) is 0. The molecular formula is C13H11Br3N2O2S. The standard InChI is InChI=1S/C13H11Br3N2O2S/c14-9-5-4-8(7-17)6-12(9)21(19,20)18-13-10(15)2-1-3-11(13)16/h1-6,18H,7,17H2. The summed E-state index contributed by atoms with van der Waals surface area (Å²) in [6.45, 7) is 0.272. The summed E-state index contributed by atoms with van der Waals surface area (Å²) in [6.07, 6.45) is 0. The first-order valence-electron chi connectivity index (χ1n) is 5.80. The molecular weight excluding hydrogens is 488 g/mol. The molecule has 112 valence electrons. The van der Waals surface area contributed by atoms with Crippen LogP contribution in [0.4, 0.5) is 5.69 Å². The maximum Gasteiger partial charge on any atom is 0.263 e. The smallest absolute Gasteiger partial charge is 0.263 e. The van der Waals surface area contributed by atoms with E-state index in [4.69, 9.17) is 5.73 Å². The van der Waals surface area contributed by atoms with E-state index in [0.29, 0.717) is 19.1 Å². The van der Waals surface area contributed by atoms with Crippen LogP contribution in [0, 0.1) is 0 Å². The number of nitrogens with one attached hydrogen (secondary N) is 1. The molecule has 0 saturated heterocycles. The van der Waals surface area contributed by atoms with Crippen molar-refractivity contribution >= 4 is 63.5 Å². The van der Waals surface area contributed by atoms with Crippen LogP contribution in [0.3, 0.4) is 0 Å². The molecule has 0 heterocycles. The van der Waals surface area contributed by atoms with Crippen molar-refractivity contribution < 1.29 is 8.42 Å². The summed E-state index contributed by atoms with van der Waals surface area (Å²) >= 11 is 9.92. The van der Waals surface area contributed by atoms with Gasteiger partial charge in [0.05, 0.1) is 5.69 Å². The SMILES string of the molecule is NCc1ccc(Br)c(S(=O)(=O)Nc2c(Br)cccc2Br)c1. The van der Waals surface area contributed by atoms with Gasteiger partial charge in [0.15, 0.2) is 0 Å². The quantitative estimate of drug-likeness (QED) is 0.662. The summed E-state index contributed by atoms with van der Waals surface area (Å²) in [6, 6.07) is 10.3. The van der Waals surface area contributed by atoms with Crippen LogP contribution in [-0.4, -0.2) is 8.42 Å². The highest BCUT2D eigenvalue weighted by atomic mass is 79.9. The number of rotatable bonds is 4. The fourth-order valence-corrected chi connectivity index (χ4v) is 5.24. The van der Waals surface area contributed by atoms with Gasteiger partial charge in [0, 0.05) is 20.0 Å². The van der Waals surface area contributed by atoms with Crippen LogP contribution in [0.5, 0.6) is 0 Å². The molecule has 2 aromatic carbocycles. The molecule has 3 N–H and O–H groups in total. The van der Waals surface area contributed by atoms with E-state index in [1.54, 1.807) is 36.4 Å². The summed E-state index contributed by atoms with van der Waals surface area (Å²) in [5.41, 5.74) is 6.75. The molecule has 2 rings (SSSR count). The fourth-order valence-electron chi connectivity index (χ4n) is 1.67. The Labute approximate surface area is 148 Å². The van der Waals surface area contributed by atoms with E-state index in [1.165, 1.54) is 0 Å². The molecule has 0 atom stereocenters. The van der Waals surface area contributed by atoms with Crippen molar-refractivity contribution in [1.82, 2.24) is 0 Å². The highest BCUT2D eigenvalue weighted by Crippen LogP contribution is 2.33. The first-order chi connectivity index (χ1) is 9.85. The van der Waals surface area contributed by atoms with E-state index in [-0.39, 0.29) is 11.4 Å². The van der Waals surface area contributed by atoms with Gasteiger partial charge in [-0.3, -0.25) is 4.72 Å². The number of nitrogens with two attached hydrogens (primary N) is 1. The zero-order valence-electron chi connectivity index (χ0n) is 10.6. The van der Waals surface area contributed by atoms with Gasteiger partial charge in [0.2, 0.25) is 0 Å². The van der Waals surface area contributed by atoms with E-state index < -0.39 is 10.0 Å². The molecule has 0 aromatic heterocycles. The van der Waals surface area contributed by atoms with Gasteiger partial charge in [-0.2, -0.15) is 0 Å². The largest absolute Gasteiger partial charge is 0.326 e. The zero-order chi connectivity index (χ0) is 15.6. The van der Waals surface area contributed by atoms with Gasteiger partial charge < -0.3 is 5.73 Å². The highest BCUT2D eigenvalue weighted by molar-refractivity contribution is 9.11. The van der Waals surface area contributed by atoms with Crippen molar-refractivity contribution in [2.24, 2.45) is 5.73 Å². The molecule has 2 aromatic rings. The van der Waals surface area contributed by atoms with Gasteiger partial charge in [0.25, 0.3) is 10.0 Å². The summed E-state index contributed by atoms with van der Waals surface area (Å²) in [4.78, 5) is 0.146. The molecule has 0 aliphatic carbocycles. The minimum absolute atomic E-state index is 0.146. The molecule has 4 nitrogen and oxygen atoms in total. The molecule has 0 aliphatic heterocycles. The first-order valence-corrected chi connectivity index (χ1v) is 9.66. The number of sulfonamides is 1. The lowest BCUT2D eigenvalue weighted by molar-refractivity contribution is 0.600. The predicted molar refractivity (Wildman–Crippen MR) is 94.7 cm³/mol. The van der Waals surface area contributed by atoms with Crippen molar-refractivity contribution in [3.8, 4) is 0 Å². The summed E-state index contributed by atoms with van der Waals surface area (Å²) in [5.74, 6) is 0. The minimum atomic E-state index is -3.73. The molecule has 0 aliphatic rings. The first kappa shape index (κ1) is 17.0. The van der Waals surface area contributed by atoms with E-state index in [1.807, 2.05) is 0 Å². The minimum Gasteiger partial charge on any atom is -0.326 e. The Hall–Kier alpha value is -0.410. The van der Waals surface area contributed by atoms with Crippen LogP contribution in [0.1, 0.15) is 5.56 Å². The average molecular weight is 499 g/mol. The molecule has 0 radical (unpaired) electrons. The Bertz CT molecular complexity index is 759. The molecule has 0 spiro atoms. The molecule has 0 unspecified atom stereocenters. The molecule has 0 fully saturated rings. The fraction of sp³-hybridized carbons (Fsp3) is 0.0769. The van der Waals surface area contributed by atoms with Crippen LogP contribution in [0.25, 0.3) is 0 Å². The van der Waals surface area contributed by atoms with Crippen LogP contribution >= 0.6 is 47.8 Å². The van der Waals surface area contributed by atoms with E-state index in [0.717, 1.165) is 5.56 Å². The van der Waals surface area contributed by atoms with Gasteiger partial charge in [-0.15, -0.1) is 0 Å². The number of hydrogen-bond donors (Lipinski definition) is 2. The maximum absolute atomic E-state index is 12.6. The van der Waals surface area contributed by atoms with Gasteiger partial charge in [-0.05, 0) is 77.6 Å². The Morgan fingerprint density at radius 3 is 2.19 bits per heavy atom. The van der Waals surface area contributed by atoms with Crippen LogP contribution in [-0.2, 0) is 16.6 Å². The number of halogens is 3. The number of para-hydroxylation sites is 1. The second kappa shape index (κ2) is 6.78. The third-order valence-electron chi connectivity index (χ3n) is 2.72. The lowest BCUT2D eigenvalue weighted by Gasteiger charge is -2.13. The lowest BCUT2D eigenvalue weighted by atomic mass is 10.2. The molecule has 0 bridgehead atoms. The predicted octanol–water partition coefficient (Wildman–Crippen LogP) is 4.23. The van der Waals surface area contributed by atoms with Gasteiger partial charge in [0.1, 0.15) is 4.90 Å². The number of benzene rings is 2.